The molecule has 0 amide bonds. The summed E-state index contributed by atoms with van der Waals surface area (Å²) < 4.78 is 5.34. The highest BCUT2D eigenvalue weighted by atomic mass is 16.5. The Hall–Kier alpha value is -0.940. The van der Waals surface area contributed by atoms with Crippen LogP contribution in [0.4, 0.5) is 0 Å². The highest BCUT2D eigenvalue weighted by Crippen LogP contribution is 2.23. The topological polar surface area (TPSA) is 62.4 Å². The summed E-state index contributed by atoms with van der Waals surface area (Å²) in [6.07, 6.45) is 9.49. The second kappa shape index (κ2) is 8.37. The quantitative estimate of drug-likeness (QED) is 0.793. The van der Waals surface area contributed by atoms with Crippen LogP contribution in [0.25, 0.3) is 0 Å². The molecule has 20 heavy (non-hydrogen) atoms. The molecule has 0 spiro atoms. The predicted molar refractivity (Wildman–Crippen MR) is 77.3 cm³/mol. The molecule has 2 rings (SSSR count). The molecule has 0 unspecified atom stereocenters. The molecule has 1 aromatic heterocycles. The van der Waals surface area contributed by atoms with Crippen molar-refractivity contribution in [1.29, 1.82) is 0 Å². The molecular formula is C15H27N3O2. The molecule has 1 aliphatic carbocycles. The molecule has 1 N–H and O–H groups in total. The number of aryl methyl sites for hydroxylation is 1. The minimum absolute atomic E-state index is 0.188. The summed E-state index contributed by atoms with van der Waals surface area (Å²) in [5.41, 5.74) is 0. The van der Waals surface area contributed by atoms with E-state index in [1.54, 1.807) is 0 Å². The number of unbranched alkanes of at least 4 members (excludes halogenated alkanes) is 1. The standard InChI is InChI=1S/C15H27N3O2/c1-2-3-9-14-16-15(20-17-14)12-18(10-11-19)13-7-5-4-6-8-13/h13,19H,2-12H2,1H3. The molecule has 0 saturated heterocycles. The molecule has 0 atom stereocenters. The third-order valence-corrected chi connectivity index (χ3v) is 4.08. The van der Waals surface area contributed by atoms with E-state index in [2.05, 4.69) is 22.0 Å². The molecule has 1 aliphatic rings. The van der Waals surface area contributed by atoms with E-state index in [-0.39, 0.29) is 6.61 Å². The zero-order valence-electron chi connectivity index (χ0n) is 12.6. The Morgan fingerprint density at radius 2 is 2.10 bits per heavy atom. The van der Waals surface area contributed by atoms with E-state index in [4.69, 9.17) is 4.52 Å². The lowest BCUT2D eigenvalue weighted by molar-refractivity contribution is 0.105. The maximum atomic E-state index is 9.26. The minimum atomic E-state index is 0.188. The average molecular weight is 281 g/mol. The Bertz CT molecular complexity index is 375. The summed E-state index contributed by atoms with van der Waals surface area (Å²) in [6.45, 7) is 3.71. The normalized spacial score (nSPS) is 16.9. The van der Waals surface area contributed by atoms with Crippen molar-refractivity contribution in [2.75, 3.05) is 13.2 Å². The fourth-order valence-corrected chi connectivity index (χ4v) is 2.93. The van der Waals surface area contributed by atoms with Crippen LogP contribution in [0.5, 0.6) is 0 Å². The lowest BCUT2D eigenvalue weighted by atomic mass is 9.94. The van der Waals surface area contributed by atoms with Crippen LogP contribution in [0.2, 0.25) is 0 Å². The minimum Gasteiger partial charge on any atom is -0.395 e. The second-order valence-electron chi connectivity index (χ2n) is 5.69. The summed E-state index contributed by atoms with van der Waals surface area (Å²) in [5, 5.41) is 13.3. The largest absolute Gasteiger partial charge is 0.395 e. The van der Waals surface area contributed by atoms with Gasteiger partial charge in [0.2, 0.25) is 5.89 Å². The molecule has 0 radical (unpaired) electrons. The van der Waals surface area contributed by atoms with Crippen LogP contribution in [0.3, 0.4) is 0 Å². The molecule has 5 heteroatoms. The van der Waals surface area contributed by atoms with Crippen LogP contribution in [-0.4, -0.2) is 39.3 Å². The van der Waals surface area contributed by atoms with Gasteiger partial charge in [-0.25, -0.2) is 0 Å². The Morgan fingerprint density at radius 3 is 2.80 bits per heavy atom. The van der Waals surface area contributed by atoms with Crippen molar-refractivity contribution in [1.82, 2.24) is 15.0 Å². The molecule has 1 aromatic rings. The van der Waals surface area contributed by atoms with Crippen molar-refractivity contribution in [3.63, 3.8) is 0 Å². The van der Waals surface area contributed by atoms with Gasteiger partial charge in [0, 0.05) is 19.0 Å². The van der Waals surface area contributed by atoms with E-state index < -0.39 is 0 Å². The smallest absolute Gasteiger partial charge is 0.240 e. The molecule has 0 aliphatic heterocycles. The molecule has 1 heterocycles. The van der Waals surface area contributed by atoms with Crippen LogP contribution in [0.1, 0.15) is 63.6 Å². The van der Waals surface area contributed by atoms with Gasteiger partial charge >= 0.3 is 0 Å². The van der Waals surface area contributed by atoms with Crippen molar-refractivity contribution in [3.05, 3.63) is 11.7 Å². The second-order valence-corrected chi connectivity index (χ2v) is 5.69. The first-order valence-corrected chi connectivity index (χ1v) is 8.00. The van der Waals surface area contributed by atoms with Crippen LogP contribution in [0, 0.1) is 0 Å². The van der Waals surface area contributed by atoms with Gasteiger partial charge < -0.3 is 9.63 Å². The van der Waals surface area contributed by atoms with Gasteiger partial charge in [-0.2, -0.15) is 4.98 Å². The van der Waals surface area contributed by atoms with Crippen molar-refractivity contribution in [3.8, 4) is 0 Å². The Labute approximate surface area is 121 Å². The lowest BCUT2D eigenvalue weighted by Gasteiger charge is -2.32. The van der Waals surface area contributed by atoms with Crippen molar-refractivity contribution in [2.45, 2.75) is 70.9 Å². The number of aliphatic hydroxyl groups is 1. The Morgan fingerprint density at radius 1 is 1.30 bits per heavy atom. The van der Waals surface area contributed by atoms with E-state index >= 15 is 0 Å². The van der Waals surface area contributed by atoms with Gasteiger partial charge in [-0.3, -0.25) is 4.90 Å². The van der Waals surface area contributed by atoms with Gasteiger partial charge in [-0.15, -0.1) is 0 Å². The first-order valence-electron chi connectivity index (χ1n) is 8.00. The lowest BCUT2D eigenvalue weighted by Crippen LogP contribution is -2.38. The number of rotatable bonds is 8. The zero-order chi connectivity index (χ0) is 14.2. The third-order valence-electron chi connectivity index (χ3n) is 4.08. The maximum Gasteiger partial charge on any atom is 0.240 e. The van der Waals surface area contributed by atoms with E-state index in [9.17, 15) is 5.11 Å². The van der Waals surface area contributed by atoms with Gasteiger partial charge in [0.15, 0.2) is 5.82 Å². The summed E-state index contributed by atoms with van der Waals surface area (Å²) in [6, 6.07) is 0.557. The van der Waals surface area contributed by atoms with Crippen LogP contribution in [0.15, 0.2) is 4.52 Å². The number of hydrogen-bond donors (Lipinski definition) is 1. The fourth-order valence-electron chi connectivity index (χ4n) is 2.93. The molecule has 1 saturated carbocycles. The number of hydrogen-bond acceptors (Lipinski definition) is 5. The average Bonchev–Trinajstić information content (AvgIpc) is 2.93. The molecule has 0 aromatic carbocycles. The summed E-state index contributed by atoms with van der Waals surface area (Å²) in [5.74, 6) is 1.50. The van der Waals surface area contributed by atoms with Crippen LogP contribution < -0.4 is 0 Å². The van der Waals surface area contributed by atoms with Crippen molar-refractivity contribution in [2.24, 2.45) is 0 Å². The number of aromatic nitrogens is 2. The van der Waals surface area contributed by atoms with E-state index in [0.29, 0.717) is 25.0 Å². The molecule has 5 nitrogen and oxygen atoms in total. The molecule has 1 fully saturated rings. The number of nitrogens with zero attached hydrogens (tertiary/aromatic N) is 3. The van der Waals surface area contributed by atoms with Crippen molar-refractivity contribution < 1.29 is 9.63 Å². The first-order chi connectivity index (χ1) is 9.83. The third kappa shape index (κ3) is 4.56. The van der Waals surface area contributed by atoms with E-state index in [1.165, 1.54) is 32.1 Å². The summed E-state index contributed by atoms with van der Waals surface area (Å²) in [7, 11) is 0. The Kier molecular flexibility index (Phi) is 6.47. The van der Waals surface area contributed by atoms with Gasteiger partial charge in [0.05, 0.1) is 13.2 Å². The van der Waals surface area contributed by atoms with E-state index in [0.717, 1.165) is 25.1 Å². The van der Waals surface area contributed by atoms with Crippen molar-refractivity contribution >= 4 is 0 Å². The van der Waals surface area contributed by atoms with Gasteiger partial charge in [0.25, 0.3) is 0 Å². The monoisotopic (exact) mass is 281 g/mol. The fraction of sp³-hybridized carbons (Fsp3) is 0.867. The van der Waals surface area contributed by atoms with Gasteiger partial charge in [0.1, 0.15) is 0 Å². The number of aliphatic hydroxyl groups excluding tert-OH is 1. The molecule has 114 valence electrons. The first kappa shape index (κ1) is 15.4. The molecular weight excluding hydrogens is 254 g/mol. The van der Waals surface area contributed by atoms with Gasteiger partial charge in [-0.05, 0) is 19.3 Å². The highest BCUT2D eigenvalue weighted by molar-refractivity contribution is 4.88. The van der Waals surface area contributed by atoms with Crippen LogP contribution >= 0.6 is 0 Å². The summed E-state index contributed by atoms with van der Waals surface area (Å²) >= 11 is 0. The van der Waals surface area contributed by atoms with Gasteiger partial charge in [-0.1, -0.05) is 37.8 Å². The highest BCUT2D eigenvalue weighted by Gasteiger charge is 2.22. The van der Waals surface area contributed by atoms with Crippen LogP contribution in [-0.2, 0) is 13.0 Å². The molecule has 0 bridgehead atoms. The SMILES string of the molecule is CCCCc1noc(CN(CCO)C2CCCCC2)n1. The van der Waals surface area contributed by atoms with E-state index in [1.807, 2.05) is 0 Å². The zero-order valence-corrected chi connectivity index (χ0v) is 12.6. The maximum absolute atomic E-state index is 9.26. The summed E-state index contributed by atoms with van der Waals surface area (Å²) in [4.78, 5) is 6.77. The predicted octanol–water partition coefficient (Wildman–Crippen LogP) is 2.54. The Balaban J connectivity index is 1.91.